The molecule has 0 saturated carbocycles. The van der Waals surface area contributed by atoms with Crippen LogP contribution < -0.4 is 10.6 Å². The molecule has 0 bridgehead atoms. The van der Waals surface area contributed by atoms with Crippen molar-refractivity contribution in [3.05, 3.63) is 76.8 Å². The Bertz CT molecular complexity index is 955. The van der Waals surface area contributed by atoms with Crippen LogP contribution in [0.1, 0.15) is 43.5 Å². The van der Waals surface area contributed by atoms with Gasteiger partial charge in [0.1, 0.15) is 6.04 Å². The maximum absolute atomic E-state index is 13.2. The molecule has 1 aliphatic rings. The van der Waals surface area contributed by atoms with Crippen LogP contribution in [0, 0.1) is 0 Å². The van der Waals surface area contributed by atoms with Crippen LogP contribution in [0.15, 0.2) is 55.1 Å². The number of hydrogen-bond acceptors (Lipinski definition) is 2. The summed E-state index contributed by atoms with van der Waals surface area (Å²) in [4.78, 5) is 27.4. The van der Waals surface area contributed by atoms with Gasteiger partial charge in [0.25, 0.3) is 0 Å². The number of nitrogens with zero attached hydrogens (tertiary/aromatic N) is 1. The van der Waals surface area contributed by atoms with Crippen molar-refractivity contribution >= 4 is 29.1 Å². The SMILES string of the molecule is C=C(C)c1cccc(C(C)(C)NC(=O)N2CCNC(=O)C2c2ccccc2Cl)c1. The van der Waals surface area contributed by atoms with Gasteiger partial charge < -0.3 is 15.5 Å². The summed E-state index contributed by atoms with van der Waals surface area (Å²) in [6, 6.07) is 14.0. The molecule has 2 N–H and O–H groups in total. The molecule has 3 amide bonds. The highest BCUT2D eigenvalue weighted by atomic mass is 35.5. The lowest BCUT2D eigenvalue weighted by molar-refractivity contribution is -0.127. The highest BCUT2D eigenvalue weighted by molar-refractivity contribution is 6.31. The van der Waals surface area contributed by atoms with Crippen molar-refractivity contribution in [3.63, 3.8) is 0 Å². The number of carbonyl (C=O) groups is 2. The number of nitrogens with one attached hydrogen (secondary N) is 2. The number of amides is 3. The minimum absolute atomic E-state index is 0.235. The van der Waals surface area contributed by atoms with Crippen molar-refractivity contribution in [2.75, 3.05) is 13.1 Å². The lowest BCUT2D eigenvalue weighted by atomic mass is 9.91. The van der Waals surface area contributed by atoms with Gasteiger partial charge in [-0.15, -0.1) is 0 Å². The quantitative estimate of drug-likeness (QED) is 0.778. The van der Waals surface area contributed by atoms with Crippen LogP contribution in [-0.2, 0) is 10.3 Å². The first-order valence-corrected chi connectivity index (χ1v) is 9.96. The highest BCUT2D eigenvalue weighted by Gasteiger charge is 2.37. The zero-order valence-corrected chi connectivity index (χ0v) is 17.7. The fourth-order valence-electron chi connectivity index (χ4n) is 3.48. The van der Waals surface area contributed by atoms with Gasteiger partial charge in [0, 0.05) is 23.7 Å². The summed E-state index contributed by atoms with van der Waals surface area (Å²) >= 11 is 6.32. The first-order chi connectivity index (χ1) is 13.7. The highest BCUT2D eigenvalue weighted by Crippen LogP contribution is 2.30. The molecule has 5 nitrogen and oxygen atoms in total. The van der Waals surface area contributed by atoms with E-state index in [0.29, 0.717) is 23.7 Å². The molecule has 0 radical (unpaired) electrons. The monoisotopic (exact) mass is 411 g/mol. The average Bonchev–Trinajstić information content (AvgIpc) is 2.68. The molecule has 2 aromatic carbocycles. The molecule has 3 rings (SSSR count). The second kappa shape index (κ2) is 8.29. The third kappa shape index (κ3) is 4.46. The molecular formula is C23H26ClN3O2. The van der Waals surface area contributed by atoms with Crippen LogP contribution in [-0.4, -0.2) is 29.9 Å². The molecular weight excluding hydrogens is 386 g/mol. The molecule has 152 valence electrons. The Balaban J connectivity index is 1.88. The van der Waals surface area contributed by atoms with Crippen LogP contribution in [0.5, 0.6) is 0 Å². The Labute approximate surface area is 176 Å². The zero-order chi connectivity index (χ0) is 21.2. The van der Waals surface area contributed by atoms with E-state index in [-0.39, 0.29) is 11.9 Å². The minimum Gasteiger partial charge on any atom is -0.352 e. The van der Waals surface area contributed by atoms with Crippen LogP contribution >= 0.6 is 11.6 Å². The smallest absolute Gasteiger partial charge is 0.319 e. The van der Waals surface area contributed by atoms with Gasteiger partial charge in [-0.05, 0) is 44.0 Å². The van der Waals surface area contributed by atoms with E-state index in [1.807, 2.05) is 51.1 Å². The second-order valence-electron chi connectivity index (χ2n) is 7.82. The molecule has 0 aromatic heterocycles. The maximum Gasteiger partial charge on any atom is 0.319 e. The van der Waals surface area contributed by atoms with E-state index in [2.05, 4.69) is 17.2 Å². The summed E-state index contributed by atoms with van der Waals surface area (Å²) in [7, 11) is 0. The number of hydrogen-bond donors (Lipinski definition) is 2. The summed E-state index contributed by atoms with van der Waals surface area (Å²) in [6.07, 6.45) is 0. The molecule has 0 aliphatic carbocycles. The first kappa shape index (κ1) is 20.9. The fraction of sp³-hybridized carbons (Fsp3) is 0.304. The number of carbonyl (C=O) groups excluding carboxylic acids is 2. The second-order valence-corrected chi connectivity index (χ2v) is 8.23. The normalized spacial score (nSPS) is 16.9. The molecule has 1 unspecified atom stereocenters. The van der Waals surface area contributed by atoms with E-state index in [9.17, 15) is 9.59 Å². The molecule has 6 heteroatoms. The third-order valence-corrected chi connectivity index (χ3v) is 5.51. The number of rotatable bonds is 4. The van der Waals surface area contributed by atoms with E-state index in [4.69, 9.17) is 11.6 Å². The summed E-state index contributed by atoms with van der Waals surface area (Å²) < 4.78 is 0. The Kier molecular flexibility index (Phi) is 5.99. The molecule has 2 aromatic rings. The Morgan fingerprint density at radius 3 is 2.66 bits per heavy atom. The van der Waals surface area contributed by atoms with Gasteiger partial charge in [0.15, 0.2) is 0 Å². The zero-order valence-electron chi connectivity index (χ0n) is 17.0. The Morgan fingerprint density at radius 2 is 1.97 bits per heavy atom. The summed E-state index contributed by atoms with van der Waals surface area (Å²) in [5.74, 6) is -0.235. The van der Waals surface area contributed by atoms with E-state index < -0.39 is 11.6 Å². The molecule has 1 fully saturated rings. The molecule has 0 spiro atoms. The van der Waals surface area contributed by atoms with E-state index >= 15 is 0 Å². The predicted molar refractivity (Wildman–Crippen MR) is 117 cm³/mol. The van der Waals surface area contributed by atoms with Crippen LogP contribution in [0.4, 0.5) is 4.79 Å². The molecule has 1 heterocycles. The van der Waals surface area contributed by atoms with Gasteiger partial charge in [-0.3, -0.25) is 4.79 Å². The molecule has 1 atom stereocenters. The van der Waals surface area contributed by atoms with Gasteiger partial charge in [-0.1, -0.05) is 60.2 Å². The van der Waals surface area contributed by atoms with Crippen molar-refractivity contribution in [3.8, 4) is 0 Å². The topological polar surface area (TPSA) is 61.4 Å². The van der Waals surface area contributed by atoms with Crippen molar-refractivity contribution in [1.82, 2.24) is 15.5 Å². The Hall–Kier alpha value is -2.79. The minimum atomic E-state index is -0.769. The predicted octanol–water partition coefficient (Wildman–Crippen LogP) is 4.49. The van der Waals surface area contributed by atoms with E-state index in [1.165, 1.54) is 0 Å². The van der Waals surface area contributed by atoms with Crippen molar-refractivity contribution in [1.29, 1.82) is 0 Å². The van der Waals surface area contributed by atoms with E-state index in [0.717, 1.165) is 16.7 Å². The molecule has 1 saturated heterocycles. The molecule has 1 aliphatic heterocycles. The van der Waals surface area contributed by atoms with Crippen LogP contribution in [0.3, 0.4) is 0 Å². The van der Waals surface area contributed by atoms with E-state index in [1.54, 1.807) is 23.1 Å². The summed E-state index contributed by atoms with van der Waals surface area (Å²) in [5.41, 5.74) is 2.92. The van der Waals surface area contributed by atoms with Gasteiger partial charge >= 0.3 is 6.03 Å². The standard InChI is InChI=1S/C23H26ClN3O2/c1-15(2)16-8-7-9-17(14-16)23(3,4)26-22(29)27-13-12-25-21(28)20(27)18-10-5-6-11-19(18)24/h5-11,14,20H,1,12-13H2,2-4H3,(H,25,28)(H,26,29). The maximum atomic E-state index is 13.2. The number of piperazine rings is 1. The average molecular weight is 412 g/mol. The largest absolute Gasteiger partial charge is 0.352 e. The van der Waals surface area contributed by atoms with Crippen LogP contribution in [0.25, 0.3) is 5.57 Å². The van der Waals surface area contributed by atoms with Gasteiger partial charge in [0.05, 0.1) is 5.54 Å². The molecule has 29 heavy (non-hydrogen) atoms. The van der Waals surface area contributed by atoms with Gasteiger partial charge in [0.2, 0.25) is 5.91 Å². The lowest BCUT2D eigenvalue weighted by Crippen LogP contribution is -2.57. The summed E-state index contributed by atoms with van der Waals surface area (Å²) in [6.45, 7) is 10.6. The number of allylic oxidation sites excluding steroid dienone is 1. The fourth-order valence-corrected chi connectivity index (χ4v) is 3.72. The van der Waals surface area contributed by atoms with Crippen LogP contribution in [0.2, 0.25) is 5.02 Å². The third-order valence-electron chi connectivity index (χ3n) is 5.17. The number of urea groups is 1. The lowest BCUT2D eigenvalue weighted by Gasteiger charge is -2.38. The Morgan fingerprint density at radius 1 is 1.24 bits per heavy atom. The van der Waals surface area contributed by atoms with Gasteiger partial charge in [-0.25, -0.2) is 4.79 Å². The van der Waals surface area contributed by atoms with Gasteiger partial charge in [-0.2, -0.15) is 0 Å². The number of benzene rings is 2. The first-order valence-electron chi connectivity index (χ1n) is 9.58. The number of halogens is 1. The van der Waals surface area contributed by atoms with Crippen molar-refractivity contribution < 1.29 is 9.59 Å². The van der Waals surface area contributed by atoms with Crippen molar-refractivity contribution in [2.45, 2.75) is 32.4 Å². The van der Waals surface area contributed by atoms with Crippen molar-refractivity contribution in [2.24, 2.45) is 0 Å². The summed E-state index contributed by atoms with van der Waals surface area (Å²) in [5, 5.41) is 6.37.